The molecular weight excluding hydrogens is 268 g/mol. The number of nitrogens with two attached hydrogens (primary N) is 1. The van der Waals surface area contributed by atoms with Crippen LogP contribution in [0.4, 0.5) is 11.4 Å². The van der Waals surface area contributed by atoms with Crippen LogP contribution in [0.15, 0.2) is 42.5 Å². The Hall–Kier alpha value is -2.53. The van der Waals surface area contributed by atoms with Crippen molar-refractivity contribution in [3.05, 3.63) is 53.6 Å². The summed E-state index contributed by atoms with van der Waals surface area (Å²) in [4.78, 5) is 12.3. The number of benzene rings is 2. The van der Waals surface area contributed by atoms with Crippen molar-refractivity contribution in [1.82, 2.24) is 0 Å². The highest BCUT2D eigenvalue weighted by Crippen LogP contribution is 2.22. The number of hydrogen-bond acceptors (Lipinski definition) is 4. The van der Waals surface area contributed by atoms with Crippen LogP contribution in [0.5, 0.6) is 5.75 Å². The summed E-state index contributed by atoms with van der Waals surface area (Å²) in [6.07, 6.45) is 0.595. The molecule has 0 bridgehead atoms. The number of aliphatic hydroxyl groups excluding tert-OH is 1. The van der Waals surface area contributed by atoms with Crippen LogP contribution in [0.25, 0.3) is 0 Å². The molecule has 110 valence electrons. The van der Waals surface area contributed by atoms with E-state index in [4.69, 9.17) is 15.6 Å². The molecule has 0 aliphatic rings. The summed E-state index contributed by atoms with van der Waals surface area (Å²) >= 11 is 0. The first-order valence-electron chi connectivity index (χ1n) is 6.58. The maximum Gasteiger partial charge on any atom is 0.259 e. The third kappa shape index (κ3) is 3.73. The Labute approximate surface area is 123 Å². The van der Waals surface area contributed by atoms with E-state index < -0.39 is 0 Å². The largest absolute Gasteiger partial charge is 0.496 e. The molecule has 2 aromatic carbocycles. The number of amides is 1. The van der Waals surface area contributed by atoms with Gasteiger partial charge in [-0.3, -0.25) is 4.79 Å². The van der Waals surface area contributed by atoms with E-state index >= 15 is 0 Å². The fourth-order valence-electron chi connectivity index (χ4n) is 1.99. The van der Waals surface area contributed by atoms with Gasteiger partial charge in [0, 0.05) is 18.0 Å². The standard InChI is InChI=1S/C16H18N2O3/c1-21-15-7-4-12(17)10-14(15)16(20)18-13-5-2-11(3-6-13)8-9-19/h2-7,10,19H,8-9,17H2,1H3,(H,18,20). The van der Waals surface area contributed by atoms with Crippen LogP contribution in [0.2, 0.25) is 0 Å². The molecule has 0 atom stereocenters. The summed E-state index contributed by atoms with van der Waals surface area (Å²) in [7, 11) is 1.51. The smallest absolute Gasteiger partial charge is 0.259 e. The van der Waals surface area contributed by atoms with Crippen LogP contribution in [-0.2, 0) is 6.42 Å². The van der Waals surface area contributed by atoms with Gasteiger partial charge in [-0.15, -0.1) is 0 Å². The Morgan fingerprint density at radius 1 is 1.24 bits per heavy atom. The number of carbonyl (C=O) groups is 1. The van der Waals surface area contributed by atoms with E-state index in [0.29, 0.717) is 29.1 Å². The first-order chi connectivity index (χ1) is 10.1. The van der Waals surface area contributed by atoms with Crippen LogP contribution in [0.1, 0.15) is 15.9 Å². The highest BCUT2D eigenvalue weighted by Gasteiger charge is 2.12. The molecule has 2 aromatic rings. The van der Waals surface area contributed by atoms with Gasteiger partial charge in [-0.05, 0) is 42.3 Å². The summed E-state index contributed by atoms with van der Waals surface area (Å²) in [5.41, 5.74) is 8.28. The molecule has 1 amide bonds. The van der Waals surface area contributed by atoms with Crippen molar-refractivity contribution in [2.24, 2.45) is 0 Å². The van der Waals surface area contributed by atoms with Crippen molar-refractivity contribution >= 4 is 17.3 Å². The number of hydrogen-bond donors (Lipinski definition) is 3. The Morgan fingerprint density at radius 3 is 2.57 bits per heavy atom. The fourth-order valence-corrected chi connectivity index (χ4v) is 1.99. The second-order valence-electron chi connectivity index (χ2n) is 4.58. The second-order valence-corrected chi connectivity index (χ2v) is 4.58. The number of carbonyl (C=O) groups excluding carboxylic acids is 1. The van der Waals surface area contributed by atoms with Crippen molar-refractivity contribution in [3.8, 4) is 5.75 Å². The maximum absolute atomic E-state index is 12.3. The molecule has 0 aliphatic heterocycles. The summed E-state index contributed by atoms with van der Waals surface area (Å²) in [6, 6.07) is 12.2. The molecule has 0 spiro atoms. The molecule has 0 aliphatic carbocycles. The molecule has 5 heteroatoms. The highest BCUT2D eigenvalue weighted by molar-refractivity contribution is 6.06. The number of nitrogen functional groups attached to an aromatic ring is 1. The lowest BCUT2D eigenvalue weighted by Crippen LogP contribution is -2.13. The Balaban J connectivity index is 2.15. The zero-order valence-electron chi connectivity index (χ0n) is 11.8. The van der Waals surface area contributed by atoms with Crippen molar-refractivity contribution in [2.75, 3.05) is 24.8 Å². The van der Waals surface area contributed by atoms with E-state index in [1.807, 2.05) is 12.1 Å². The summed E-state index contributed by atoms with van der Waals surface area (Å²) in [5.74, 6) is 0.188. The summed E-state index contributed by atoms with van der Waals surface area (Å²) in [6.45, 7) is 0.103. The van der Waals surface area contributed by atoms with Crippen molar-refractivity contribution in [3.63, 3.8) is 0 Å². The van der Waals surface area contributed by atoms with E-state index in [-0.39, 0.29) is 12.5 Å². The number of aliphatic hydroxyl groups is 1. The topological polar surface area (TPSA) is 84.6 Å². The van der Waals surface area contributed by atoms with Gasteiger partial charge in [-0.2, -0.15) is 0 Å². The molecule has 0 aromatic heterocycles. The van der Waals surface area contributed by atoms with E-state index in [9.17, 15) is 4.79 Å². The van der Waals surface area contributed by atoms with E-state index in [1.165, 1.54) is 7.11 Å². The van der Waals surface area contributed by atoms with E-state index in [0.717, 1.165) is 5.56 Å². The Morgan fingerprint density at radius 2 is 1.95 bits per heavy atom. The van der Waals surface area contributed by atoms with Gasteiger partial charge in [0.1, 0.15) is 5.75 Å². The molecule has 0 radical (unpaired) electrons. The average molecular weight is 286 g/mol. The number of rotatable bonds is 5. The third-order valence-electron chi connectivity index (χ3n) is 3.08. The minimum atomic E-state index is -0.283. The van der Waals surface area contributed by atoms with Crippen molar-refractivity contribution < 1.29 is 14.6 Å². The molecule has 2 rings (SSSR count). The van der Waals surface area contributed by atoms with Crippen LogP contribution in [0, 0.1) is 0 Å². The zero-order chi connectivity index (χ0) is 15.2. The Bertz CT molecular complexity index is 624. The van der Waals surface area contributed by atoms with Gasteiger partial charge >= 0.3 is 0 Å². The molecule has 0 heterocycles. The van der Waals surface area contributed by atoms with Crippen LogP contribution >= 0.6 is 0 Å². The van der Waals surface area contributed by atoms with Crippen LogP contribution in [0.3, 0.4) is 0 Å². The predicted molar refractivity (Wildman–Crippen MR) is 82.6 cm³/mol. The van der Waals surface area contributed by atoms with Gasteiger partial charge in [0.25, 0.3) is 5.91 Å². The first-order valence-corrected chi connectivity index (χ1v) is 6.58. The molecule has 0 saturated carbocycles. The van der Waals surface area contributed by atoms with Gasteiger partial charge in [0.05, 0.1) is 12.7 Å². The Kier molecular flexibility index (Phi) is 4.79. The van der Waals surface area contributed by atoms with Gasteiger partial charge < -0.3 is 20.9 Å². The molecule has 0 unspecified atom stereocenters. The molecule has 5 nitrogen and oxygen atoms in total. The molecule has 21 heavy (non-hydrogen) atoms. The minimum Gasteiger partial charge on any atom is -0.496 e. The predicted octanol–water partition coefficient (Wildman–Crippen LogP) is 2.06. The zero-order valence-corrected chi connectivity index (χ0v) is 11.8. The number of nitrogens with one attached hydrogen (secondary N) is 1. The normalized spacial score (nSPS) is 10.2. The van der Waals surface area contributed by atoms with E-state index in [1.54, 1.807) is 30.3 Å². The fraction of sp³-hybridized carbons (Fsp3) is 0.188. The minimum absolute atomic E-state index is 0.103. The van der Waals surface area contributed by atoms with E-state index in [2.05, 4.69) is 5.32 Å². The van der Waals surface area contributed by atoms with Gasteiger partial charge in [-0.1, -0.05) is 12.1 Å². The summed E-state index contributed by atoms with van der Waals surface area (Å²) < 4.78 is 5.17. The van der Waals surface area contributed by atoms with Gasteiger partial charge in [-0.25, -0.2) is 0 Å². The molecular formula is C16H18N2O3. The maximum atomic E-state index is 12.3. The van der Waals surface area contributed by atoms with Gasteiger partial charge in [0.15, 0.2) is 0 Å². The first kappa shape index (κ1) is 14.9. The lowest BCUT2D eigenvalue weighted by molar-refractivity contribution is 0.102. The number of anilines is 2. The quantitative estimate of drug-likeness (QED) is 0.735. The number of ether oxygens (including phenoxy) is 1. The van der Waals surface area contributed by atoms with Crippen molar-refractivity contribution in [2.45, 2.75) is 6.42 Å². The highest BCUT2D eigenvalue weighted by atomic mass is 16.5. The molecule has 0 fully saturated rings. The SMILES string of the molecule is COc1ccc(N)cc1C(=O)Nc1ccc(CCO)cc1. The third-order valence-corrected chi connectivity index (χ3v) is 3.08. The average Bonchev–Trinajstić information content (AvgIpc) is 2.49. The van der Waals surface area contributed by atoms with Crippen LogP contribution < -0.4 is 15.8 Å². The summed E-state index contributed by atoms with van der Waals surface area (Å²) in [5, 5.41) is 11.7. The second kappa shape index (κ2) is 6.76. The number of methoxy groups -OCH3 is 1. The molecule has 0 saturated heterocycles. The lowest BCUT2D eigenvalue weighted by Gasteiger charge is -2.10. The lowest BCUT2D eigenvalue weighted by atomic mass is 10.1. The molecule has 4 N–H and O–H groups in total. The monoisotopic (exact) mass is 286 g/mol. The van der Waals surface area contributed by atoms with Gasteiger partial charge in [0.2, 0.25) is 0 Å². The van der Waals surface area contributed by atoms with Crippen molar-refractivity contribution in [1.29, 1.82) is 0 Å². The van der Waals surface area contributed by atoms with Crippen LogP contribution in [-0.4, -0.2) is 24.7 Å².